The number of anilines is 2. The Hall–Kier alpha value is -1.33. The third-order valence-electron chi connectivity index (χ3n) is 4.15. The van der Waals surface area contributed by atoms with Crippen LogP contribution in [0.5, 0.6) is 0 Å². The maximum absolute atomic E-state index is 12.7. The molecule has 0 aromatic heterocycles. The van der Waals surface area contributed by atoms with Gasteiger partial charge in [0.15, 0.2) is 0 Å². The predicted molar refractivity (Wildman–Crippen MR) is 104 cm³/mol. The summed E-state index contributed by atoms with van der Waals surface area (Å²) in [6.45, 7) is 1.73. The molecular weight excluding hydrogens is 405 g/mol. The van der Waals surface area contributed by atoms with Gasteiger partial charge in [-0.3, -0.25) is 4.79 Å². The van der Waals surface area contributed by atoms with Gasteiger partial charge in [0.1, 0.15) is 10.1 Å². The van der Waals surface area contributed by atoms with Gasteiger partial charge in [-0.1, -0.05) is 12.1 Å². The second-order valence-electron chi connectivity index (χ2n) is 6.29. The zero-order valence-corrected chi connectivity index (χ0v) is 20.0. The SMILES string of the molecule is CC1=NN(c2ccc(S(=O)(=O)[O-])cc2)C(=O)C1=Cc1ccc(N(C)C)cc1.[K+]. The van der Waals surface area contributed by atoms with Crippen molar-refractivity contribution in [3.8, 4) is 0 Å². The van der Waals surface area contributed by atoms with Gasteiger partial charge in [-0.05, 0) is 55.0 Å². The van der Waals surface area contributed by atoms with Gasteiger partial charge in [-0.15, -0.1) is 0 Å². The normalized spacial score (nSPS) is 15.4. The van der Waals surface area contributed by atoms with E-state index in [0.29, 0.717) is 17.0 Å². The van der Waals surface area contributed by atoms with E-state index in [-0.39, 0.29) is 62.2 Å². The molecule has 28 heavy (non-hydrogen) atoms. The summed E-state index contributed by atoms with van der Waals surface area (Å²) in [4.78, 5) is 14.4. The zero-order valence-electron chi connectivity index (χ0n) is 16.1. The molecule has 1 amide bonds. The van der Waals surface area contributed by atoms with Crippen molar-refractivity contribution in [3.05, 3.63) is 59.7 Å². The molecule has 3 rings (SSSR count). The summed E-state index contributed by atoms with van der Waals surface area (Å²) in [6, 6.07) is 12.8. The van der Waals surface area contributed by atoms with Crippen molar-refractivity contribution in [2.45, 2.75) is 11.8 Å². The van der Waals surface area contributed by atoms with Crippen LogP contribution in [0.4, 0.5) is 11.4 Å². The van der Waals surface area contributed by atoms with E-state index in [9.17, 15) is 17.8 Å². The first kappa shape index (κ1) is 23.0. The molecule has 1 aliphatic heterocycles. The first-order valence-electron chi connectivity index (χ1n) is 8.12. The van der Waals surface area contributed by atoms with Gasteiger partial charge in [0.05, 0.1) is 21.9 Å². The van der Waals surface area contributed by atoms with Crippen LogP contribution in [-0.2, 0) is 14.9 Å². The van der Waals surface area contributed by atoms with Crippen molar-refractivity contribution in [2.75, 3.05) is 24.0 Å². The topological polar surface area (TPSA) is 93.1 Å². The van der Waals surface area contributed by atoms with Gasteiger partial charge in [-0.25, -0.2) is 8.42 Å². The van der Waals surface area contributed by atoms with Crippen molar-refractivity contribution in [1.82, 2.24) is 0 Å². The third-order valence-corrected chi connectivity index (χ3v) is 5.00. The van der Waals surface area contributed by atoms with Gasteiger partial charge >= 0.3 is 51.4 Å². The molecule has 2 aromatic carbocycles. The molecule has 1 heterocycles. The fourth-order valence-electron chi connectivity index (χ4n) is 2.65. The molecule has 0 atom stereocenters. The van der Waals surface area contributed by atoms with Gasteiger partial charge in [0, 0.05) is 19.8 Å². The van der Waals surface area contributed by atoms with Crippen molar-refractivity contribution < 1.29 is 69.1 Å². The molecular formula is C19H18KN3O4S. The van der Waals surface area contributed by atoms with Crippen molar-refractivity contribution >= 4 is 39.2 Å². The Labute approximate surface area is 206 Å². The number of carbonyl (C=O) groups excluding carboxylic acids is 1. The van der Waals surface area contributed by atoms with Crippen LogP contribution in [-0.4, -0.2) is 38.7 Å². The number of hydrogen-bond acceptors (Lipinski definition) is 6. The Morgan fingerprint density at radius 1 is 1.04 bits per heavy atom. The summed E-state index contributed by atoms with van der Waals surface area (Å²) >= 11 is 0. The van der Waals surface area contributed by atoms with E-state index in [2.05, 4.69) is 5.10 Å². The summed E-state index contributed by atoms with van der Waals surface area (Å²) in [5, 5.41) is 5.44. The van der Waals surface area contributed by atoms with Gasteiger partial charge in [0.2, 0.25) is 0 Å². The van der Waals surface area contributed by atoms with Crippen LogP contribution in [0.2, 0.25) is 0 Å². The molecule has 0 bridgehead atoms. The molecule has 0 spiro atoms. The molecule has 0 unspecified atom stereocenters. The summed E-state index contributed by atoms with van der Waals surface area (Å²) in [7, 11) is -0.632. The number of rotatable bonds is 4. The summed E-state index contributed by atoms with van der Waals surface area (Å²) < 4.78 is 33.1. The molecule has 2 aromatic rings. The average molecular weight is 424 g/mol. The number of amides is 1. The fourth-order valence-corrected chi connectivity index (χ4v) is 3.12. The zero-order chi connectivity index (χ0) is 19.8. The second kappa shape index (κ2) is 9.00. The van der Waals surface area contributed by atoms with Crippen LogP contribution >= 0.6 is 0 Å². The summed E-state index contributed by atoms with van der Waals surface area (Å²) in [5.74, 6) is -0.318. The maximum atomic E-state index is 12.7. The van der Waals surface area contributed by atoms with Crippen LogP contribution in [0, 0.1) is 0 Å². The smallest absolute Gasteiger partial charge is 0.744 e. The molecule has 0 fully saturated rings. The number of nitrogens with zero attached hydrogens (tertiary/aromatic N) is 3. The van der Waals surface area contributed by atoms with Crippen LogP contribution in [0.15, 0.2) is 64.1 Å². The monoisotopic (exact) mass is 423 g/mol. The maximum Gasteiger partial charge on any atom is 1.00 e. The largest absolute Gasteiger partial charge is 1.00 e. The van der Waals surface area contributed by atoms with Crippen LogP contribution in [0.25, 0.3) is 6.08 Å². The van der Waals surface area contributed by atoms with E-state index < -0.39 is 10.1 Å². The Morgan fingerprint density at radius 2 is 1.61 bits per heavy atom. The van der Waals surface area contributed by atoms with Crippen molar-refractivity contribution in [1.29, 1.82) is 0 Å². The molecule has 0 saturated carbocycles. The molecule has 0 N–H and O–H groups in total. The minimum absolute atomic E-state index is 0. The van der Waals surface area contributed by atoms with Crippen molar-refractivity contribution in [2.24, 2.45) is 5.10 Å². The molecule has 1 aliphatic rings. The first-order chi connectivity index (χ1) is 12.7. The minimum atomic E-state index is -4.53. The first-order valence-corrected chi connectivity index (χ1v) is 9.53. The van der Waals surface area contributed by atoms with E-state index in [1.807, 2.05) is 43.3 Å². The van der Waals surface area contributed by atoms with Gasteiger partial charge < -0.3 is 9.45 Å². The van der Waals surface area contributed by atoms with E-state index in [0.717, 1.165) is 23.4 Å². The van der Waals surface area contributed by atoms with E-state index in [4.69, 9.17) is 0 Å². The molecule has 0 aliphatic carbocycles. The summed E-state index contributed by atoms with van der Waals surface area (Å²) in [5.41, 5.74) is 3.31. The number of carbonyl (C=O) groups is 1. The summed E-state index contributed by atoms with van der Waals surface area (Å²) in [6.07, 6.45) is 1.76. The quantitative estimate of drug-likeness (QED) is 0.374. The second-order valence-corrected chi connectivity index (χ2v) is 7.67. The minimum Gasteiger partial charge on any atom is -0.744 e. The van der Waals surface area contributed by atoms with E-state index in [1.54, 1.807) is 13.0 Å². The average Bonchev–Trinajstić information content (AvgIpc) is 2.90. The molecule has 0 saturated heterocycles. The van der Waals surface area contributed by atoms with Gasteiger partial charge in [0.25, 0.3) is 5.91 Å². The van der Waals surface area contributed by atoms with E-state index >= 15 is 0 Å². The Kier molecular flexibility index (Phi) is 7.37. The Balaban J connectivity index is 0.00000280. The number of hydrazone groups is 1. The molecule has 7 nitrogen and oxygen atoms in total. The number of hydrogen-bond donors (Lipinski definition) is 0. The molecule has 0 radical (unpaired) electrons. The Bertz CT molecular complexity index is 1040. The Morgan fingerprint density at radius 3 is 2.11 bits per heavy atom. The predicted octanol–water partition coefficient (Wildman–Crippen LogP) is -0.533. The van der Waals surface area contributed by atoms with Crippen LogP contribution < -0.4 is 61.3 Å². The van der Waals surface area contributed by atoms with Crippen LogP contribution in [0.1, 0.15) is 12.5 Å². The molecule has 9 heteroatoms. The van der Waals surface area contributed by atoms with E-state index in [1.165, 1.54) is 17.1 Å². The van der Waals surface area contributed by atoms with Crippen LogP contribution in [0.3, 0.4) is 0 Å². The van der Waals surface area contributed by atoms with Gasteiger partial charge in [-0.2, -0.15) is 10.1 Å². The standard InChI is InChI=1S/C19H19N3O4S.K/c1-13-18(12-14-4-6-15(7-5-14)21(2)3)19(23)22(20-13)16-8-10-17(11-9-16)27(24,25)26;/h4-12H,1-3H3,(H,24,25,26);/q;+1/p-1. The third kappa shape index (κ3) is 4.98. The fraction of sp³-hybridized carbons (Fsp3) is 0.158. The molecule has 140 valence electrons. The number of benzene rings is 2. The van der Waals surface area contributed by atoms with Crippen molar-refractivity contribution in [3.63, 3.8) is 0 Å².